The number of aromatic nitrogens is 4. The Bertz CT molecular complexity index is 1720. The number of aliphatic hydroxyl groups is 1. The average Bonchev–Trinajstić information content (AvgIpc) is 3.68. The zero-order valence-corrected chi connectivity index (χ0v) is 24.7. The molecule has 0 aliphatic carbocycles. The van der Waals surface area contributed by atoms with Gasteiger partial charge in [-0.15, -0.1) is 0 Å². The van der Waals surface area contributed by atoms with E-state index in [4.69, 9.17) is 19.8 Å². The lowest BCUT2D eigenvalue weighted by molar-refractivity contribution is -0.165. The summed E-state index contributed by atoms with van der Waals surface area (Å²) in [7, 11) is 1.95. The van der Waals surface area contributed by atoms with Crippen LogP contribution in [-0.4, -0.2) is 87.7 Å². The molecule has 1 spiro atoms. The van der Waals surface area contributed by atoms with Gasteiger partial charge in [0.1, 0.15) is 22.5 Å². The Morgan fingerprint density at radius 3 is 2.67 bits per heavy atom. The number of amides is 1. The smallest absolute Gasteiger partial charge is 0.257 e. The third-order valence-electron chi connectivity index (χ3n) is 8.66. The van der Waals surface area contributed by atoms with E-state index in [1.807, 2.05) is 60.9 Å². The van der Waals surface area contributed by atoms with Gasteiger partial charge in [0, 0.05) is 57.2 Å². The standard InChI is InChI=1S/C30H32N8O3S/c1-4-38-26(35(3)28-33-24(23(12-31)42-28)20-7-5-19(2)6-8-20)22-11-21(13-32-25(22)34-38)36-14-29(15-36)16-37(17-29)27(39)30(40)9-10-41-18-30/h5-8,11,13,40H,4,9-10,14-18H2,1-3H3/t30-/m1/s1. The van der Waals surface area contributed by atoms with Crippen molar-refractivity contribution in [3.63, 3.8) is 0 Å². The number of likely N-dealkylation sites (tertiary alicyclic amines) is 1. The minimum Gasteiger partial charge on any atom is -0.378 e. The normalized spacial score (nSPS) is 20.9. The minimum absolute atomic E-state index is 0.0502. The van der Waals surface area contributed by atoms with E-state index in [0.717, 1.165) is 41.1 Å². The van der Waals surface area contributed by atoms with Gasteiger partial charge in [0.15, 0.2) is 16.4 Å². The van der Waals surface area contributed by atoms with Crippen LogP contribution in [0.1, 0.15) is 23.8 Å². The maximum atomic E-state index is 12.8. The molecule has 1 atom stereocenters. The summed E-state index contributed by atoms with van der Waals surface area (Å²) in [4.78, 5) is 29.0. The number of pyridine rings is 1. The third-order valence-corrected chi connectivity index (χ3v) is 9.69. The Labute approximate surface area is 247 Å². The van der Waals surface area contributed by atoms with Gasteiger partial charge in [0.2, 0.25) is 0 Å². The molecular formula is C30H32N8O3S. The lowest BCUT2D eigenvalue weighted by Crippen LogP contribution is -2.74. The molecule has 1 N–H and O–H groups in total. The number of thiazole rings is 1. The highest BCUT2D eigenvalue weighted by Gasteiger charge is 2.56. The molecule has 6 heterocycles. The van der Waals surface area contributed by atoms with E-state index in [0.29, 0.717) is 54.0 Å². The topological polar surface area (TPSA) is 124 Å². The van der Waals surface area contributed by atoms with E-state index in [-0.39, 0.29) is 17.9 Å². The van der Waals surface area contributed by atoms with Crippen molar-refractivity contribution in [3.8, 4) is 17.3 Å². The lowest BCUT2D eigenvalue weighted by Gasteiger charge is -2.61. The summed E-state index contributed by atoms with van der Waals surface area (Å²) in [6, 6.07) is 12.5. The highest BCUT2D eigenvalue weighted by molar-refractivity contribution is 7.16. The van der Waals surface area contributed by atoms with E-state index in [1.54, 1.807) is 4.90 Å². The Morgan fingerprint density at radius 2 is 2.00 bits per heavy atom. The first-order valence-corrected chi connectivity index (χ1v) is 15.0. The van der Waals surface area contributed by atoms with Crippen LogP contribution < -0.4 is 9.80 Å². The number of benzene rings is 1. The largest absolute Gasteiger partial charge is 0.378 e. The zero-order chi connectivity index (χ0) is 29.2. The van der Waals surface area contributed by atoms with Crippen molar-refractivity contribution in [2.24, 2.45) is 5.41 Å². The van der Waals surface area contributed by atoms with Crippen LogP contribution in [0.5, 0.6) is 0 Å². The molecule has 3 aliphatic rings. The van der Waals surface area contributed by atoms with Crippen molar-refractivity contribution < 1.29 is 14.6 Å². The summed E-state index contributed by atoms with van der Waals surface area (Å²) >= 11 is 1.36. The third kappa shape index (κ3) is 4.22. The van der Waals surface area contributed by atoms with Crippen molar-refractivity contribution in [2.45, 2.75) is 32.4 Å². The van der Waals surface area contributed by atoms with Crippen LogP contribution in [0, 0.1) is 23.7 Å². The summed E-state index contributed by atoms with van der Waals surface area (Å²) in [6.45, 7) is 8.19. The summed E-state index contributed by atoms with van der Waals surface area (Å²) in [5, 5.41) is 26.8. The van der Waals surface area contributed by atoms with Crippen molar-refractivity contribution in [3.05, 3.63) is 47.0 Å². The monoisotopic (exact) mass is 584 g/mol. The maximum absolute atomic E-state index is 12.8. The van der Waals surface area contributed by atoms with Crippen LogP contribution in [0.4, 0.5) is 16.6 Å². The molecule has 42 heavy (non-hydrogen) atoms. The number of aryl methyl sites for hydroxylation is 2. The molecule has 3 aliphatic heterocycles. The Hall–Kier alpha value is -4.05. The number of rotatable bonds is 6. The van der Waals surface area contributed by atoms with Crippen molar-refractivity contribution in [2.75, 3.05) is 56.2 Å². The molecule has 0 radical (unpaired) electrons. The Morgan fingerprint density at radius 1 is 1.24 bits per heavy atom. The van der Waals surface area contributed by atoms with Crippen LogP contribution >= 0.6 is 11.3 Å². The summed E-state index contributed by atoms with van der Waals surface area (Å²) in [5.74, 6) is 0.664. The average molecular weight is 585 g/mol. The molecule has 3 saturated heterocycles. The fourth-order valence-corrected chi connectivity index (χ4v) is 7.18. The molecule has 1 amide bonds. The van der Waals surface area contributed by atoms with Gasteiger partial charge >= 0.3 is 0 Å². The van der Waals surface area contributed by atoms with E-state index < -0.39 is 5.60 Å². The number of hydrogen-bond donors (Lipinski definition) is 1. The molecule has 0 unspecified atom stereocenters. The number of nitriles is 1. The first-order chi connectivity index (χ1) is 20.2. The predicted octanol–water partition coefficient (Wildman–Crippen LogP) is 3.32. The second-order valence-electron chi connectivity index (χ2n) is 11.8. The molecule has 216 valence electrons. The Balaban J connectivity index is 1.12. The van der Waals surface area contributed by atoms with Gasteiger partial charge in [-0.25, -0.2) is 14.6 Å². The second kappa shape index (κ2) is 9.76. The number of anilines is 3. The first-order valence-electron chi connectivity index (χ1n) is 14.2. The maximum Gasteiger partial charge on any atom is 0.257 e. The minimum atomic E-state index is -1.37. The summed E-state index contributed by atoms with van der Waals surface area (Å²) in [5.41, 5.74) is 3.09. The number of carbonyl (C=O) groups excluding carboxylic acids is 1. The number of hydrogen-bond acceptors (Lipinski definition) is 10. The van der Waals surface area contributed by atoms with Gasteiger partial charge < -0.3 is 24.5 Å². The van der Waals surface area contributed by atoms with Gasteiger partial charge in [-0.05, 0) is 19.9 Å². The molecule has 11 nitrogen and oxygen atoms in total. The number of carbonyl (C=O) groups is 1. The molecule has 7 rings (SSSR count). The van der Waals surface area contributed by atoms with Crippen molar-refractivity contribution in [1.29, 1.82) is 5.26 Å². The zero-order valence-electron chi connectivity index (χ0n) is 23.9. The molecule has 0 saturated carbocycles. The second-order valence-corrected chi connectivity index (χ2v) is 12.7. The highest BCUT2D eigenvalue weighted by atomic mass is 32.1. The first kappa shape index (κ1) is 26.8. The fraction of sp³-hybridized carbons (Fsp3) is 0.433. The summed E-state index contributed by atoms with van der Waals surface area (Å²) < 4.78 is 7.18. The predicted molar refractivity (Wildman–Crippen MR) is 160 cm³/mol. The quantitative estimate of drug-likeness (QED) is 0.364. The molecule has 1 aromatic carbocycles. The highest BCUT2D eigenvalue weighted by Crippen LogP contribution is 2.44. The van der Waals surface area contributed by atoms with Gasteiger partial charge in [-0.2, -0.15) is 10.4 Å². The van der Waals surface area contributed by atoms with E-state index in [2.05, 4.69) is 17.0 Å². The van der Waals surface area contributed by atoms with E-state index >= 15 is 0 Å². The lowest BCUT2D eigenvalue weighted by atomic mass is 9.72. The number of fused-ring (bicyclic) bond motifs is 1. The van der Waals surface area contributed by atoms with Crippen molar-refractivity contribution >= 4 is 44.9 Å². The molecule has 4 aromatic rings. The van der Waals surface area contributed by atoms with Crippen LogP contribution in [0.15, 0.2) is 36.5 Å². The van der Waals surface area contributed by atoms with Crippen LogP contribution in [0.3, 0.4) is 0 Å². The van der Waals surface area contributed by atoms with Crippen LogP contribution in [0.2, 0.25) is 0 Å². The van der Waals surface area contributed by atoms with E-state index in [9.17, 15) is 15.2 Å². The van der Waals surface area contributed by atoms with Gasteiger partial charge in [0.05, 0.1) is 30.5 Å². The summed E-state index contributed by atoms with van der Waals surface area (Å²) in [6.07, 6.45) is 2.22. The SMILES string of the molecule is CCn1nc2ncc(N3CC4(CN(C(=O)[C@@]5(O)CCOC5)C4)C3)cc2c1N(C)c1nc(-c2ccc(C)cc2)c(C#N)s1. The Kier molecular flexibility index (Phi) is 6.23. The molecule has 12 heteroatoms. The molecular weight excluding hydrogens is 552 g/mol. The van der Waals surface area contributed by atoms with Crippen LogP contribution in [0.25, 0.3) is 22.3 Å². The van der Waals surface area contributed by atoms with Gasteiger partial charge in [-0.1, -0.05) is 41.2 Å². The molecule has 0 bridgehead atoms. The molecule has 3 fully saturated rings. The molecule has 3 aromatic heterocycles. The van der Waals surface area contributed by atoms with Gasteiger partial charge in [0.25, 0.3) is 5.91 Å². The van der Waals surface area contributed by atoms with Gasteiger partial charge in [-0.3, -0.25) is 4.79 Å². The van der Waals surface area contributed by atoms with Crippen molar-refractivity contribution in [1.82, 2.24) is 24.6 Å². The van der Waals surface area contributed by atoms with E-state index in [1.165, 1.54) is 11.3 Å². The number of ether oxygens (including phenoxy) is 1. The number of nitrogens with zero attached hydrogens (tertiary/aromatic N) is 8. The van der Waals surface area contributed by atoms with Crippen LogP contribution in [-0.2, 0) is 16.1 Å². The fourth-order valence-electron chi connectivity index (χ4n) is 6.33.